The second-order valence-electron chi connectivity index (χ2n) is 6.86. The van der Waals surface area contributed by atoms with Crippen LogP contribution in [0.25, 0.3) is 11.8 Å². The molecule has 29 heavy (non-hydrogen) atoms. The molecule has 3 aromatic rings. The summed E-state index contributed by atoms with van der Waals surface area (Å²) in [5.74, 6) is -0.789. The van der Waals surface area contributed by atoms with Gasteiger partial charge in [0.1, 0.15) is 5.82 Å². The molecule has 0 fully saturated rings. The number of hydrogen-bond acceptors (Lipinski definition) is 4. The third-order valence-corrected chi connectivity index (χ3v) is 4.85. The van der Waals surface area contributed by atoms with Gasteiger partial charge in [0.05, 0.1) is 33.9 Å². The zero-order chi connectivity index (χ0) is 20.7. The number of aromatic hydroxyl groups is 1. The maximum absolute atomic E-state index is 13.2. The molecule has 1 aliphatic rings. The molecule has 2 heterocycles. The summed E-state index contributed by atoms with van der Waals surface area (Å²) in [5, 5.41) is 20.7. The molecule has 146 valence electrons. The van der Waals surface area contributed by atoms with Crippen molar-refractivity contribution < 1.29 is 14.3 Å². The lowest BCUT2D eigenvalue weighted by Gasteiger charge is -2.11. The van der Waals surface area contributed by atoms with Gasteiger partial charge in [-0.15, -0.1) is 0 Å². The highest BCUT2D eigenvalue weighted by Crippen LogP contribution is 2.31. The number of carbonyl (C=O) groups excluding carboxylic acids is 1. The van der Waals surface area contributed by atoms with E-state index in [1.165, 1.54) is 34.0 Å². The van der Waals surface area contributed by atoms with Gasteiger partial charge in [0.2, 0.25) is 5.88 Å². The van der Waals surface area contributed by atoms with Gasteiger partial charge in [-0.1, -0.05) is 18.2 Å². The summed E-state index contributed by atoms with van der Waals surface area (Å²) < 4.78 is 14.6. The van der Waals surface area contributed by atoms with Gasteiger partial charge in [-0.05, 0) is 62.7 Å². The van der Waals surface area contributed by atoms with Crippen LogP contribution in [-0.4, -0.2) is 26.5 Å². The molecule has 1 aromatic heterocycles. The average molecular weight is 390 g/mol. The van der Waals surface area contributed by atoms with E-state index in [0.29, 0.717) is 28.2 Å². The fourth-order valence-corrected chi connectivity index (χ4v) is 3.25. The van der Waals surface area contributed by atoms with E-state index >= 15 is 0 Å². The summed E-state index contributed by atoms with van der Waals surface area (Å²) >= 11 is 0. The minimum atomic E-state index is -0.388. The van der Waals surface area contributed by atoms with Crippen LogP contribution in [0.1, 0.15) is 23.7 Å². The third-order valence-electron chi connectivity index (χ3n) is 4.85. The summed E-state index contributed by atoms with van der Waals surface area (Å²) in [6.45, 7) is 5.41. The highest BCUT2D eigenvalue weighted by molar-refractivity contribution is 6.32. The fourth-order valence-electron chi connectivity index (χ4n) is 3.25. The Morgan fingerprint density at radius 3 is 2.41 bits per heavy atom. The number of hydrazone groups is 1. The lowest BCUT2D eigenvalue weighted by molar-refractivity contribution is -0.114. The van der Waals surface area contributed by atoms with Gasteiger partial charge in [0.25, 0.3) is 5.91 Å². The number of halogens is 1. The van der Waals surface area contributed by atoms with Gasteiger partial charge >= 0.3 is 0 Å². The Balaban J connectivity index is 1.74. The molecular weight excluding hydrogens is 371 g/mol. The highest BCUT2D eigenvalue weighted by atomic mass is 19.1. The lowest BCUT2D eigenvalue weighted by Crippen LogP contribution is -2.21. The first-order valence-electron chi connectivity index (χ1n) is 9.08. The van der Waals surface area contributed by atoms with Crippen LogP contribution in [0.15, 0.2) is 59.2 Å². The Labute approximate surface area is 167 Å². The number of carbonyl (C=O) groups is 1. The van der Waals surface area contributed by atoms with Crippen LogP contribution >= 0.6 is 0 Å². The number of nitrogens with zero attached hydrogens (tertiary/aromatic N) is 4. The summed E-state index contributed by atoms with van der Waals surface area (Å²) in [6, 6.07) is 13.1. The molecule has 1 aliphatic heterocycles. The minimum absolute atomic E-state index is 0.0508. The first-order chi connectivity index (χ1) is 13.9. The molecule has 4 rings (SSSR count). The van der Waals surface area contributed by atoms with E-state index < -0.39 is 0 Å². The quantitative estimate of drug-likeness (QED) is 0.684. The topological polar surface area (TPSA) is 70.7 Å². The molecule has 1 amide bonds. The summed E-state index contributed by atoms with van der Waals surface area (Å²) in [6.07, 6.45) is 1.59. The van der Waals surface area contributed by atoms with E-state index in [9.17, 15) is 14.3 Å². The van der Waals surface area contributed by atoms with Gasteiger partial charge in [-0.2, -0.15) is 15.2 Å². The number of aromatic nitrogens is 2. The zero-order valence-corrected chi connectivity index (χ0v) is 16.2. The van der Waals surface area contributed by atoms with Crippen LogP contribution in [0, 0.1) is 19.7 Å². The van der Waals surface area contributed by atoms with Crippen LogP contribution in [-0.2, 0) is 4.79 Å². The van der Waals surface area contributed by atoms with Crippen LogP contribution in [0.4, 0.5) is 10.1 Å². The monoisotopic (exact) mass is 390 g/mol. The first-order valence-corrected chi connectivity index (χ1v) is 9.08. The van der Waals surface area contributed by atoms with E-state index in [4.69, 9.17) is 0 Å². The Morgan fingerprint density at radius 2 is 1.72 bits per heavy atom. The van der Waals surface area contributed by atoms with Crippen molar-refractivity contribution in [3.05, 3.63) is 76.7 Å². The molecule has 0 atom stereocenters. The maximum atomic E-state index is 13.2. The third kappa shape index (κ3) is 3.20. The molecule has 0 saturated carbocycles. The van der Waals surface area contributed by atoms with Crippen molar-refractivity contribution in [3.63, 3.8) is 0 Å². The summed E-state index contributed by atoms with van der Waals surface area (Å²) in [5.41, 5.74) is 4.07. The number of rotatable bonds is 3. The van der Waals surface area contributed by atoms with Crippen molar-refractivity contribution >= 4 is 23.4 Å². The largest absolute Gasteiger partial charge is 0.493 e. The van der Waals surface area contributed by atoms with Gasteiger partial charge in [-0.3, -0.25) is 4.79 Å². The number of anilines is 1. The Hall–Kier alpha value is -3.74. The van der Waals surface area contributed by atoms with Crippen LogP contribution in [0.2, 0.25) is 0 Å². The fraction of sp³-hybridized carbons (Fsp3) is 0.136. The molecule has 0 radical (unpaired) electrons. The Morgan fingerprint density at radius 1 is 1.03 bits per heavy atom. The average Bonchev–Trinajstić information content (AvgIpc) is 3.14. The van der Waals surface area contributed by atoms with Gasteiger partial charge in [-0.25, -0.2) is 9.07 Å². The van der Waals surface area contributed by atoms with Gasteiger partial charge in [0.15, 0.2) is 0 Å². The molecular formula is C22H19FN4O2. The van der Waals surface area contributed by atoms with Gasteiger partial charge < -0.3 is 5.11 Å². The summed E-state index contributed by atoms with van der Waals surface area (Å²) in [4.78, 5) is 12.9. The van der Waals surface area contributed by atoms with Crippen molar-refractivity contribution in [2.75, 3.05) is 5.01 Å². The Kier molecular flexibility index (Phi) is 4.50. The van der Waals surface area contributed by atoms with Crippen molar-refractivity contribution in [2.24, 2.45) is 5.10 Å². The van der Waals surface area contributed by atoms with Crippen molar-refractivity contribution in [1.82, 2.24) is 9.78 Å². The second kappa shape index (κ2) is 7.01. The van der Waals surface area contributed by atoms with Crippen molar-refractivity contribution in [2.45, 2.75) is 20.8 Å². The predicted octanol–water partition coefficient (Wildman–Crippen LogP) is 4.14. The Bertz CT molecular complexity index is 1180. The molecule has 2 aromatic carbocycles. The zero-order valence-electron chi connectivity index (χ0n) is 16.2. The van der Waals surface area contributed by atoms with E-state index in [0.717, 1.165) is 11.3 Å². The lowest BCUT2D eigenvalue weighted by atomic mass is 10.1. The number of amides is 1. The van der Waals surface area contributed by atoms with E-state index in [1.54, 1.807) is 19.9 Å². The minimum Gasteiger partial charge on any atom is -0.493 e. The molecule has 0 unspecified atom stereocenters. The highest BCUT2D eigenvalue weighted by Gasteiger charge is 2.30. The standard InChI is InChI=1S/C22H19FN4O2/c1-13-6-4-5-7-20(13)27-22(29)19(15(3)25-27)12-18-14(2)24-26(21(18)28)17-10-8-16(23)9-11-17/h4-12,29H,1-3H3. The number of para-hydroxylation sites is 1. The first kappa shape index (κ1) is 18.6. The van der Waals surface area contributed by atoms with E-state index in [-0.39, 0.29) is 17.6 Å². The van der Waals surface area contributed by atoms with Gasteiger partial charge in [0, 0.05) is 0 Å². The number of benzene rings is 2. The molecule has 0 bridgehead atoms. The normalized spacial score (nSPS) is 15.3. The van der Waals surface area contributed by atoms with Crippen LogP contribution in [0.5, 0.6) is 5.88 Å². The molecule has 0 saturated heterocycles. The van der Waals surface area contributed by atoms with E-state index in [2.05, 4.69) is 10.2 Å². The van der Waals surface area contributed by atoms with Crippen LogP contribution in [0.3, 0.4) is 0 Å². The smallest absolute Gasteiger partial charge is 0.280 e. The second-order valence-corrected chi connectivity index (χ2v) is 6.86. The SMILES string of the molecule is CC1=NN(c2ccc(F)cc2)C(=O)C1=Cc1c(C)nn(-c2ccccc2C)c1O. The predicted molar refractivity (Wildman–Crippen MR) is 110 cm³/mol. The van der Waals surface area contributed by atoms with Crippen molar-refractivity contribution in [1.29, 1.82) is 0 Å². The summed E-state index contributed by atoms with van der Waals surface area (Å²) in [7, 11) is 0. The molecule has 0 aliphatic carbocycles. The number of hydrogen-bond donors (Lipinski definition) is 1. The molecule has 0 spiro atoms. The van der Waals surface area contributed by atoms with Crippen LogP contribution < -0.4 is 5.01 Å². The van der Waals surface area contributed by atoms with E-state index in [1.807, 2.05) is 31.2 Å². The van der Waals surface area contributed by atoms with Crippen molar-refractivity contribution in [3.8, 4) is 11.6 Å². The molecule has 7 heteroatoms. The maximum Gasteiger partial charge on any atom is 0.280 e. The molecule has 6 nitrogen and oxygen atoms in total. The molecule has 1 N–H and O–H groups in total. The number of aryl methyl sites for hydroxylation is 2.